The van der Waals surface area contributed by atoms with Crippen LogP contribution >= 0.6 is 0 Å². The van der Waals surface area contributed by atoms with Crippen molar-refractivity contribution in [1.82, 2.24) is 4.98 Å². The van der Waals surface area contributed by atoms with Gasteiger partial charge in [-0.25, -0.2) is 0 Å². The summed E-state index contributed by atoms with van der Waals surface area (Å²) < 4.78 is 5.83. The van der Waals surface area contributed by atoms with Crippen LogP contribution in [0.25, 0.3) is 11.0 Å². The average Bonchev–Trinajstić information content (AvgIpc) is 2.89. The predicted octanol–water partition coefficient (Wildman–Crippen LogP) is 3.77. The van der Waals surface area contributed by atoms with E-state index < -0.39 is 0 Å². The fraction of sp³-hybridized carbons (Fsp3) is 0.235. The second kappa shape index (κ2) is 5.47. The van der Waals surface area contributed by atoms with Gasteiger partial charge in [0.15, 0.2) is 0 Å². The van der Waals surface area contributed by atoms with E-state index in [9.17, 15) is 0 Å². The van der Waals surface area contributed by atoms with Gasteiger partial charge in [0, 0.05) is 17.3 Å². The minimum Gasteiger partial charge on any atom is -0.459 e. The molecule has 0 spiro atoms. The Labute approximate surface area is 118 Å². The fourth-order valence-corrected chi connectivity index (χ4v) is 2.36. The molecule has 3 heteroatoms. The Hall–Kier alpha value is -2.13. The van der Waals surface area contributed by atoms with Crippen LogP contribution in [0.1, 0.15) is 29.5 Å². The molecule has 0 radical (unpaired) electrons. The Balaban J connectivity index is 1.73. The molecule has 0 fully saturated rings. The maximum Gasteiger partial charge on any atom is 0.134 e. The van der Waals surface area contributed by atoms with Crippen molar-refractivity contribution in [3.05, 3.63) is 65.7 Å². The summed E-state index contributed by atoms with van der Waals surface area (Å²) in [6.07, 6.45) is 3.50. The number of nitrogens with two attached hydrogens (primary N) is 1. The summed E-state index contributed by atoms with van der Waals surface area (Å²) in [4.78, 5) is 4.31. The highest BCUT2D eigenvalue weighted by Gasteiger charge is 2.12. The first kappa shape index (κ1) is 12.9. The molecule has 0 saturated heterocycles. The van der Waals surface area contributed by atoms with E-state index in [0.29, 0.717) is 0 Å². The lowest BCUT2D eigenvalue weighted by molar-refractivity contribution is 0.477. The van der Waals surface area contributed by atoms with Crippen LogP contribution in [0.3, 0.4) is 0 Å². The first-order valence-electron chi connectivity index (χ1n) is 6.88. The Morgan fingerprint density at radius 2 is 2.10 bits per heavy atom. The molecule has 20 heavy (non-hydrogen) atoms. The summed E-state index contributed by atoms with van der Waals surface area (Å²) >= 11 is 0. The monoisotopic (exact) mass is 266 g/mol. The van der Waals surface area contributed by atoms with Crippen LogP contribution in [0, 0.1) is 6.92 Å². The van der Waals surface area contributed by atoms with Crippen LogP contribution in [0.15, 0.2) is 53.1 Å². The highest BCUT2D eigenvalue weighted by atomic mass is 16.3. The summed E-state index contributed by atoms with van der Waals surface area (Å²) in [6, 6.07) is 14.1. The molecule has 0 amide bonds. The van der Waals surface area contributed by atoms with E-state index in [1.54, 1.807) is 0 Å². The van der Waals surface area contributed by atoms with Crippen molar-refractivity contribution in [3.63, 3.8) is 0 Å². The van der Waals surface area contributed by atoms with Crippen molar-refractivity contribution < 1.29 is 4.42 Å². The van der Waals surface area contributed by atoms with Crippen molar-refractivity contribution in [2.24, 2.45) is 5.73 Å². The number of fused-ring (bicyclic) bond motifs is 1. The van der Waals surface area contributed by atoms with Gasteiger partial charge in [0.1, 0.15) is 11.3 Å². The lowest BCUT2D eigenvalue weighted by Gasteiger charge is -2.07. The van der Waals surface area contributed by atoms with E-state index in [1.807, 2.05) is 36.5 Å². The average molecular weight is 266 g/mol. The number of nitrogens with zero attached hydrogens (tertiary/aromatic N) is 1. The minimum absolute atomic E-state index is 0.0929. The van der Waals surface area contributed by atoms with Gasteiger partial charge in [-0.15, -0.1) is 0 Å². The van der Waals surface area contributed by atoms with Gasteiger partial charge < -0.3 is 10.2 Å². The van der Waals surface area contributed by atoms with Crippen molar-refractivity contribution in [2.75, 3.05) is 0 Å². The molecule has 2 aromatic heterocycles. The number of hydrogen-bond acceptors (Lipinski definition) is 3. The van der Waals surface area contributed by atoms with Gasteiger partial charge in [-0.2, -0.15) is 0 Å². The van der Waals surface area contributed by atoms with Gasteiger partial charge in [-0.3, -0.25) is 4.98 Å². The van der Waals surface area contributed by atoms with Crippen LogP contribution in [0.5, 0.6) is 0 Å². The van der Waals surface area contributed by atoms with Crippen molar-refractivity contribution in [1.29, 1.82) is 0 Å². The summed E-state index contributed by atoms with van der Waals surface area (Å²) in [5, 5.41) is 1.12. The molecular weight excluding hydrogens is 248 g/mol. The van der Waals surface area contributed by atoms with E-state index in [1.165, 1.54) is 5.56 Å². The number of benzene rings is 1. The Morgan fingerprint density at radius 3 is 2.90 bits per heavy atom. The molecule has 2 heterocycles. The zero-order chi connectivity index (χ0) is 13.9. The topological polar surface area (TPSA) is 52.0 Å². The molecule has 0 aliphatic carbocycles. The van der Waals surface area contributed by atoms with Crippen LogP contribution in [0.4, 0.5) is 0 Å². The van der Waals surface area contributed by atoms with Crippen LogP contribution in [0.2, 0.25) is 0 Å². The van der Waals surface area contributed by atoms with Gasteiger partial charge in [0.2, 0.25) is 0 Å². The van der Waals surface area contributed by atoms with Crippen LogP contribution in [-0.4, -0.2) is 4.98 Å². The van der Waals surface area contributed by atoms with Crippen LogP contribution in [-0.2, 0) is 6.42 Å². The van der Waals surface area contributed by atoms with E-state index in [2.05, 4.69) is 24.0 Å². The molecule has 2 N–H and O–H groups in total. The molecule has 3 nitrogen and oxygen atoms in total. The Kier molecular flexibility index (Phi) is 3.52. The van der Waals surface area contributed by atoms with Crippen molar-refractivity contribution >= 4 is 11.0 Å². The molecule has 0 saturated carbocycles. The van der Waals surface area contributed by atoms with E-state index in [0.717, 1.165) is 35.3 Å². The highest BCUT2D eigenvalue weighted by Crippen LogP contribution is 2.25. The molecule has 102 valence electrons. The van der Waals surface area contributed by atoms with E-state index >= 15 is 0 Å². The minimum atomic E-state index is -0.0929. The zero-order valence-corrected chi connectivity index (χ0v) is 11.5. The fourth-order valence-electron chi connectivity index (χ4n) is 2.36. The smallest absolute Gasteiger partial charge is 0.134 e. The van der Waals surface area contributed by atoms with Gasteiger partial charge in [-0.05, 0) is 50.1 Å². The van der Waals surface area contributed by atoms with Crippen molar-refractivity contribution in [2.45, 2.75) is 25.8 Å². The van der Waals surface area contributed by atoms with Crippen LogP contribution < -0.4 is 5.73 Å². The maximum atomic E-state index is 6.22. The Morgan fingerprint density at radius 1 is 1.20 bits per heavy atom. The second-order valence-electron chi connectivity index (χ2n) is 5.16. The third-order valence-electron chi connectivity index (χ3n) is 3.49. The van der Waals surface area contributed by atoms with Crippen molar-refractivity contribution in [3.8, 4) is 0 Å². The summed E-state index contributed by atoms with van der Waals surface area (Å²) in [7, 11) is 0. The standard InChI is InChI=1S/C17H18N2O/c1-12-5-8-16-13(10-12)11-17(20-16)15(18)7-6-14-4-2-3-9-19-14/h2-5,8-11,15H,6-7,18H2,1H3. The van der Waals surface area contributed by atoms with Gasteiger partial charge >= 0.3 is 0 Å². The lowest BCUT2D eigenvalue weighted by Crippen LogP contribution is -2.10. The molecule has 1 aromatic carbocycles. The van der Waals surface area contributed by atoms with E-state index in [4.69, 9.17) is 10.2 Å². The largest absolute Gasteiger partial charge is 0.459 e. The van der Waals surface area contributed by atoms with Gasteiger partial charge in [0.05, 0.1) is 6.04 Å². The number of pyridine rings is 1. The first-order valence-corrected chi connectivity index (χ1v) is 6.88. The normalized spacial score (nSPS) is 12.7. The third-order valence-corrected chi connectivity index (χ3v) is 3.49. The first-order chi connectivity index (χ1) is 9.72. The molecule has 0 bridgehead atoms. The molecule has 3 aromatic rings. The van der Waals surface area contributed by atoms with Gasteiger partial charge in [0.25, 0.3) is 0 Å². The number of aryl methyl sites for hydroxylation is 2. The summed E-state index contributed by atoms with van der Waals surface area (Å²) in [5.74, 6) is 0.849. The molecule has 1 unspecified atom stereocenters. The summed E-state index contributed by atoms with van der Waals surface area (Å²) in [5.41, 5.74) is 9.42. The molecule has 3 rings (SSSR count). The molecule has 0 aliphatic rings. The Bertz CT molecular complexity index is 703. The van der Waals surface area contributed by atoms with E-state index in [-0.39, 0.29) is 6.04 Å². The quantitative estimate of drug-likeness (QED) is 0.782. The molecule has 1 atom stereocenters. The third kappa shape index (κ3) is 2.73. The number of furan rings is 1. The molecule has 0 aliphatic heterocycles. The second-order valence-corrected chi connectivity index (χ2v) is 5.16. The number of rotatable bonds is 4. The highest BCUT2D eigenvalue weighted by molar-refractivity contribution is 5.78. The SMILES string of the molecule is Cc1ccc2oc(C(N)CCc3ccccn3)cc2c1. The van der Waals surface area contributed by atoms with Gasteiger partial charge in [-0.1, -0.05) is 17.7 Å². The number of aromatic nitrogens is 1. The zero-order valence-electron chi connectivity index (χ0n) is 11.5. The number of hydrogen-bond donors (Lipinski definition) is 1. The maximum absolute atomic E-state index is 6.22. The summed E-state index contributed by atoms with van der Waals surface area (Å²) in [6.45, 7) is 2.08. The predicted molar refractivity (Wildman–Crippen MR) is 80.4 cm³/mol. The molecular formula is C17H18N2O. The lowest BCUT2D eigenvalue weighted by atomic mass is 10.1.